The van der Waals surface area contributed by atoms with Crippen molar-refractivity contribution in [2.45, 2.75) is 0 Å². The number of hydrogen-bond donors (Lipinski definition) is 0. The van der Waals surface area contributed by atoms with E-state index in [-0.39, 0.29) is 40.9 Å². The van der Waals surface area contributed by atoms with Gasteiger partial charge in [0, 0.05) is 10.5 Å². The Morgan fingerprint density at radius 1 is 1.50 bits per heavy atom. The van der Waals surface area contributed by atoms with E-state index < -0.39 is 5.97 Å². The van der Waals surface area contributed by atoms with Gasteiger partial charge in [0.05, 0.1) is 5.97 Å². The molecule has 0 saturated heterocycles. The van der Waals surface area contributed by atoms with E-state index in [4.69, 9.17) is 5.53 Å². The SMILES string of the molecule is [N-]=[N+]=NOc1ccccc1C(=O)[O-].[Na+]. The number of carboxylic acids is 1. The molecule has 6 nitrogen and oxygen atoms in total. The Morgan fingerprint density at radius 2 is 2.14 bits per heavy atom. The zero-order valence-electron chi connectivity index (χ0n) is 7.38. The van der Waals surface area contributed by atoms with Crippen LogP contribution in [0.4, 0.5) is 0 Å². The van der Waals surface area contributed by atoms with Gasteiger partial charge in [-0.05, 0) is 17.7 Å². The predicted molar refractivity (Wildman–Crippen MR) is 40.5 cm³/mol. The van der Waals surface area contributed by atoms with E-state index in [9.17, 15) is 9.90 Å². The average molecular weight is 201 g/mol. The van der Waals surface area contributed by atoms with Crippen LogP contribution in [0.3, 0.4) is 0 Å². The maximum absolute atomic E-state index is 10.5. The van der Waals surface area contributed by atoms with Gasteiger partial charge in [0.25, 0.3) is 0 Å². The van der Waals surface area contributed by atoms with Crippen LogP contribution in [-0.4, -0.2) is 5.97 Å². The largest absolute Gasteiger partial charge is 1.00 e. The van der Waals surface area contributed by atoms with Crippen molar-refractivity contribution in [3.05, 3.63) is 40.3 Å². The minimum Gasteiger partial charge on any atom is -0.545 e. The summed E-state index contributed by atoms with van der Waals surface area (Å²) in [5, 5.41) is 13.2. The summed E-state index contributed by atoms with van der Waals surface area (Å²) in [6.07, 6.45) is 0. The standard InChI is InChI=1S/C7H5N3O3.Na/c8-9-10-13-6-4-2-1-3-5(6)7(11)12;/h1-4H,(H,11,12);/q;+1/p-1. The molecule has 0 radical (unpaired) electrons. The smallest absolute Gasteiger partial charge is 0.545 e. The third-order valence-electron chi connectivity index (χ3n) is 1.28. The fourth-order valence-electron chi connectivity index (χ4n) is 0.777. The molecule has 7 heteroatoms. The second-order valence-corrected chi connectivity index (χ2v) is 2.05. The van der Waals surface area contributed by atoms with Gasteiger partial charge in [-0.15, -0.1) is 0 Å². The van der Waals surface area contributed by atoms with E-state index in [1.54, 1.807) is 6.07 Å². The van der Waals surface area contributed by atoms with Crippen molar-refractivity contribution >= 4 is 5.97 Å². The summed E-state index contributed by atoms with van der Waals surface area (Å²) in [7, 11) is 0. The minimum absolute atomic E-state index is 0. The number of azide groups is 1. The number of carboxylic acid groups (broad SMARTS) is 1. The Balaban J connectivity index is 0.00000169. The van der Waals surface area contributed by atoms with Crippen LogP contribution in [0.15, 0.2) is 29.5 Å². The Morgan fingerprint density at radius 3 is 2.71 bits per heavy atom. The Kier molecular flexibility index (Phi) is 5.74. The molecule has 0 atom stereocenters. The maximum atomic E-state index is 10.5. The van der Waals surface area contributed by atoms with E-state index in [1.807, 2.05) is 0 Å². The van der Waals surface area contributed by atoms with Crippen molar-refractivity contribution in [3.8, 4) is 5.75 Å². The number of aromatic carboxylic acids is 1. The molecule has 0 aliphatic carbocycles. The van der Waals surface area contributed by atoms with Gasteiger partial charge in [-0.1, -0.05) is 12.1 Å². The quantitative estimate of drug-likeness (QED) is 0.180. The van der Waals surface area contributed by atoms with Gasteiger partial charge in [-0.2, -0.15) is 0 Å². The number of carbonyl (C=O) groups is 1. The number of rotatable bonds is 3. The molecule has 0 aromatic heterocycles. The van der Waals surface area contributed by atoms with Crippen molar-refractivity contribution < 1.29 is 44.3 Å². The summed E-state index contributed by atoms with van der Waals surface area (Å²) in [4.78, 5) is 17.2. The second kappa shape index (κ2) is 6.28. The zero-order chi connectivity index (χ0) is 9.68. The van der Waals surface area contributed by atoms with Gasteiger partial charge >= 0.3 is 29.6 Å². The first-order chi connectivity index (χ1) is 6.25. The third-order valence-corrected chi connectivity index (χ3v) is 1.28. The topological polar surface area (TPSA) is 98.1 Å². The molecule has 0 bridgehead atoms. The molecule has 1 aromatic rings. The molecule has 0 N–H and O–H groups in total. The summed E-state index contributed by atoms with van der Waals surface area (Å²) < 4.78 is 0. The van der Waals surface area contributed by atoms with Crippen molar-refractivity contribution in [1.29, 1.82) is 0 Å². The van der Waals surface area contributed by atoms with Crippen molar-refractivity contribution in [3.63, 3.8) is 0 Å². The van der Waals surface area contributed by atoms with Crippen LogP contribution < -0.4 is 39.5 Å². The fraction of sp³-hybridized carbons (Fsp3) is 0. The fourth-order valence-corrected chi connectivity index (χ4v) is 0.777. The molecule has 0 fully saturated rings. The normalized spacial score (nSPS) is 8.00. The van der Waals surface area contributed by atoms with Gasteiger partial charge in [0.2, 0.25) is 0 Å². The number of carbonyl (C=O) groups excluding carboxylic acids is 1. The van der Waals surface area contributed by atoms with Crippen LogP contribution in [0.2, 0.25) is 0 Å². The molecule has 14 heavy (non-hydrogen) atoms. The van der Waals surface area contributed by atoms with E-state index >= 15 is 0 Å². The van der Waals surface area contributed by atoms with Gasteiger partial charge < -0.3 is 14.7 Å². The average Bonchev–Trinajstić information content (AvgIpc) is 2.15. The van der Waals surface area contributed by atoms with Gasteiger partial charge in [-0.25, -0.2) is 0 Å². The first-order valence-electron chi connectivity index (χ1n) is 3.27. The van der Waals surface area contributed by atoms with E-state index in [2.05, 4.69) is 15.0 Å². The molecule has 0 aliphatic rings. The van der Waals surface area contributed by atoms with Crippen molar-refractivity contribution in [2.75, 3.05) is 0 Å². The van der Waals surface area contributed by atoms with Crippen LogP contribution >= 0.6 is 0 Å². The van der Waals surface area contributed by atoms with Crippen molar-refractivity contribution in [2.24, 2.45) is 5.28 Å². The molecule has 0 heterocycles. The summed E-state index contributed by atoms with van der Waals surface area (Å²) in [6, 6.07) is 5.71. The number of para-hydroxylation sites is 1. The summed E-state index contributed by atoms with van der Waals surface area (Å²) in [6.45, 7) is 0. The molecular weight excluding hydrogens is 197 g/mol. The van der Waals surface area contributed by atoms with Crippen molar-refractivity contribution in [1.82, 2.24) is 0 Å². The van der Waals surface area contributed by atoms with E-state index in [0.29, 0.717) is 0 Å². The number of benzene rings is 1. The second-order valence-electron chi connectivity index (χ2n) is 2.05. The first kappa shape index (κ1) is 12.8. The third kappa shape index (κ3) is 3.27. The van der Waals surface area contributed by atoms with E-state index in [1.165, 1.54) is 18.2 Å². The van der Waals surface area contributed by atoms with Crippen LogP contribution in [0.25, 0.3) is 10.4 Å². The first-order valence-corrected chi connectivity index (χ1v) is 3.27. The Bertz CT molecular complexity index is 376. The summed E-state index contributed by atoms with van der Waals surface area (Å²) >= 11 is 0. The van der Waals surface area contributed by atoms with Gasteiger partial charge in [-0.3, -0.25) is 0 Å². The minimum atomic E-state index is -1.39. The molecule has 0 saturated carbocycles. The molecule has 1 rings (SSSR count). The molecule has 0 spiro atoms. The Labute approximate surface area is 101 Å². The number of hydrogen-bond acceptors (Lipinski definition) is 4. The van der Waals surface area contributed by atoms with Gasteiger partial charge in [0.15, 0.2) is 0 Å². The molecule has 0 aliphatic heterocycles. The van der Waals surface area contributed by atoms with Gasteiger partial charge in [0.1, 0.15) is 11.0 Å². The molecule has 0 amide bonds. The summed E-state index contributed by atoms with van der Waals surface area (Å²) in [5.41, 5.74) is 7.77. The molecule has 66 valence electrons. The maximum Gasteiger partial charge on any atom is 1.00 e. The zero-order valence-corrected chi connectivity index (χ0v) is 9.38. The van der Waals surface area contributed by atoms with Crippen LogP contribution in [0, 0.1) is 0 Å². The predicted octanol–water partition coefficient (Wildman–Crippen LogP) is -2.34. The van der Waals surface area contributed by atoms with Crippen LogP contribution in [0.5, 0.6) is 5.75 Å². The van der Waals surface area contributed by atoms with Crippen LogP contribution in [-0.2, 0) is 0 Å². The molecule has 0 unspecified atom stereocenters. The van der Waals surface area contributed by atoms with E-state index in [0.717, 1.165) is 0 Å². The van der Waals surface area contributed by atoms with Crippen LogP contribution in [0.1, 0.15) is 10.4 Å². The molecule has 1 aromatic carbocycles. The monoisotopic (exact) mass is 201 g/mol. The molecular formula is C7H4N3NaO3. The Hall–Kier alpha value is -1.20. The summed E-state index contributed by atoms with van der Waals surface area (Å²) in [5.74, 6) is -1.43. The number of nitrogens with zero attached hydrogens (tertiary/aromatic N) is 3.